The summed E-state index contributed by atoms with van der Waals surface area (Å²) in [7, 11) is 1.65. The van der Waals surface area contributed by atoms with E-state index in [9.17, 15) is 15.2 Å². The SMILES string of the molecule is COc1cccc(/C=C2\CC3C4CC=C5C[C@@H](O)CC[C@]5(C)C4CC[C@]3(C)\C2=C(/C#N)C(N)=O)c1. The van der Waals surface area contributed by atoms with Crippen LogP contribution in [0.3, 0.4) is 0 Å². The van der Waals surface area contributed by atoms with Crippen molar-refractivity contribution in [1.82, 2.24) is 0 Å². The lowest BCUT2D eigenvalue weighted by molar-refractivity contribution is -0.114. The van der Waals surface area contributed by atoms with E-state index in [1.54, 1.807) is 7.11 Å². The molecule has 6 atom stereocenters. The van der Waals surface area contributed by atoms with Crippen molar-refractivity contribution in [3.63, 3.8) is 0 Å². The highest BCUT2D eigenvalue weighted by atomic mass is 16.5. The minimum Gasteiger partial charge on any atom is -0.497 e. The minimum absolute atomic E-state index is 0.113. The maximum absolute atomic E-state index is 12.4. The second-order valence-corrected chi connectivity index (χ2v) is 11.5. The number of nitrogens with zero attached hydrogens (tertiary/aromatic N) is 1. The summed E-state index contributed by atoms with van der Waals surface area (Å²) < 4.78 is 5.42. The lowest BCUT2D eigenvalue weighted by Gasteiger charge is -2.57. The van der Waals surface area contributed by atoms with Gasteiger partial charge >= 0.3 is 0 Å². The first-order valence-electron chi connectivity index (χ1n) is 12.9. The molecule has 0 aliphatic heterocycles. The number of aliphatic hydroxyl groups excluding tert-OH is 1. The Morgan fingerprint density at radius 2 is 1.97 bits per heavy atom. The fourth-order valence-corrected chi connectivity index (χ4v) is 8.10. The number of amides is 1. The van der Waals surface area contributed by atoms with Crippen molar-refractivity contribution in [1.29, 1.82) is 5.26 Å². The number of fused-ring (bicyclic) bond motifs is 5. The summed E-state index contributed by atoms with van der Waals surface area (Å²) in [6, 6.07) is 10.1. The van der Waals surface area contributed by atoms with E-state index in [0.717, 1.165) is 67.4 Å². The fourth-order valence-electron chi connectivity index (χ4n) is 8.10. The third-order valence-electron chi connectivity index (χ3n) is 9.84. The molecule has 5 heteroatoms. The number of nitrogens with two attached hydrogens (primary N) is 1. The van der Waals surface area contributed by atoms with Crippen LogP contribution < -0.4 is 10.5 Å². The van der Waals surface area contributed by atoms with E-state index in [0.29, 0.717) is 17.8 Å². The summed E-state index contributed by atoms with van der Waals surface area (Å²) in [5, 5.41) is 20.3. The molecule has 4 aliphatic rings. The number of hydrogen-bond donors (Lipinski definition) is 2. The summed E-state index contributed by atoms with van der Waals surface area (Å²) >= 11 is 0. The molecule has 0 saturated heterocycles. The number of carbonyl (C=O) groups is 1. The van der Waals surface area contributed by atoms with Crippen molar-refractivity contribution in [2.45, 2.75) is 64.9 Å². The molecule has 3 N–H and O–H groups in total. The van der Waals surface area contributed by atoms with Crippen LogP contribution in [0.25, 0.3) is 6.08 Å². The normalized spacial score (nSPS) is 38.5. The highest BCUT2D eigenvalue weighted by Crippen LogP contribution is 2.67. The van der Waals surface area contributed by atoms with E-state index >= 15 is 0 Å². The van der Waals surface area contributed by atoms with Crippen molar-refractivity contribution in [2.75, 3.05) is 7.11 Å². The van der Waals surface area contributed by atoms with Crippen molar-refractivity contribution >= 4 is 12.0 Å². The molecule has 4 aliphatic carbocycles. The molecule has 184 valence electrons. The molecule has 1 aromatic carbocycles. The monoisotopic (exact) mass is 472 g/mol. The molecule has 5 rings (SSSR count). The predicted octanol–water partition coefficient (Wildman–Crippen LogP) is 5.32. The second kappa shape index (κ2) is 8.68. The van der Waals surface area contributed by atoms with Crippen molar-refractivity contribution in [3.05, 3.63) is 58.2 Å². The molecule has 0 aromatic heterocycles. The van der Waals surface area contributed by atoms with Gasteiger partial charge in [0.05, 0.1) is 13.2 Å². The Labute approximate surface area is 208 Å². The molecule has 1 amide bonds. The summed E-state index contributed by atoms with van der Waals surface area (Å²) in [5.41, 5.74) is 10.1. The van der Waals surface area contributed by atoms with E-state index in [1.807, 2.05) is 24.3 Å². The number of carbonyl (C=O) groups excluding carboxylic acids is 1. The molecule has 0 radical (unpaired) electrons. The first-order chi connectivity index (χ1) is 16.7. The number of hydrogen-bond acceptors (Lipinski definition) is 4. The maximum atomic E-state index is 12.4. The summed E-state index contributed by atoms with van der Waals surface area (Å²) in [4.78, 5) is 12.4. The molecule has 5 nitrogen and oxygen atoms in total. The zero-order valence-electron chi connectivity index (χ0n) is 21.0. The molecule has 0 heterocycles. The Balaban J connectivity index is 1.61. The quantitative estimate of drug-likeness (QED) is 0.354. The molecule has 3 saturated carbocycles. The molecule has 1 aromatic rings. The van der Waals surface area contributed by atoms with Gasteiger partial charge in [-0.05, 0) is 102 Å². The number of aliphatic hydroxyl groups is 1. The van der Waals surface area contributed by atoms with Crippen LogP contribution in [-0.2, 0) is 4.79 Å². The standard InChI is InChI=1S/C30H36N2O3/c1-29-11-9-21(33)16-20(29)7-8-23-25(29)10-12-30(2)26(23)15-19(27(30)24(17-31)28(32)34)13-18-5-4-6-22(14-18)35-3/h4-7,13-14,21,23,25-26,33H,8-12,15-16H2,1-3H3,(H2,32,34)/b19-13+,27-24+/t21-,23?,25?,26?,29-,30-/m0/s1. The average molecular weight is 473 g/mol. The van der Waals surface area contributed by atoms with Gasteiger partial charge in [-0.25, -0.2) is 0 Å². The van der Waals surface area contributed by atoms with Gasteiger partial charge in [-0.1, -0.05) is 43.7 Å². The highest BCUT2D eigenvalue weighted by molar-refractivity contribution is 5.98. The third-order valence-corrected chi connectivity index (χ3v) is 9.84. The second-order valence-electron chi connectivity index (χ2n) is 11.5. The number of methoxy groups -OCH3 is 1. The Hall–Kier alpha value is -2.84. The molecular formula is C30H36N2O3. The van der Waals surface area contributed by atoms with Gasteiger partial charge < -0.3 is 15.6 Å². The van der Waals surface area contributed by atoms with E-state index in [4.69, 9.17) is 10.5 Å². The summed E-state index contributed by atoms with van der Waals surface area (Å²) in [6.45, 7) is 4.66. The Bertz CT molecular complexity index is 1190. The number of benzene rings is 1. The van der Waals surface area contributed by atoms with Crippen LogP contribution in [0.15, 0.2) is 52.6 Å². The minimum atomic E-state index is -0.637. The Morgan fingerprint density at radius 1 is 1.20 bits per heavy atom. The van der Waals surface area contributed by atoms with Crippen LogP contribution in [-0.4, -0.2) is 24.2 Å². The van der Waals surface area contributed by atoms with Gasteiger partial charge in [0.1, 0.15) is 17.4 Å². The summed E-state index contributed by atoms with van der Waals surface area (Å²) in [5.74, 6) is 1.53. The average Bonchev–Trinajstić information content (AvgIpc) is 3.12. The van der Waals surface area contributed by atoms with Crippen LogP contribution in [0.2, 0.25) is 0 Å². The summed E-state index contributed by atoms with van der Waals surface area (Å²) in [6.07, 6.45) is 10.9. The topological polar surface area (TPSA) is 96.3 Å². The Kier molecular flexibility index (Phi) is 5.92. The smallest absolute Gasteiger partial charge is 0.259 e. The van der Waals surface area contributed by atoms with Gasteiger partial charge in [0.15, 0.2) is 0 Å². The predicted molar refractivity (Wildman–Crippen MR) is 136 cm³/mol. The maximum Gasteiger partial charge on any atom is 0.259 e. The number of primary amides is 1. The van der Waals surface area contributed by atoms with E-state index < -0.39 is 5.91 Å². The van der Waals surface area contributed by atoms with Gasteiger partial charge in [0.25, 0.3) is 5.91 Å². The fraction of sp³-hybridized carbons (Fsp3) is 0.533. The molecule has 3 fully saturated rings. The first kappa shape index (κ1) is 23.9. The molecular weight excluding hydrogens is 436 g/mol. The van der Waals surface area contributed by atoms with Gasteiger partial charge in [-0.3, -0.25) is 4.79 Å². The molecule has 0 spiro atoms. The van der Waals surface area contributed by atoms with Crippen LogP contribution >= 0.6 is 0 Å². The number of allylic oxidation sites excluding steroid dienone is 3. The van der Waals surface area contributed by atoms with Gasteiger partial charge in [0, 0.05) is 0 Å². The molecule has 3 unspecified atom stereocenters. The first-order valence-corrected chi connectivity index (χ1v) is 12.9. The van der Waals surface area contributed by atoms with Crippen molar-refractivity contribution < 1.29 is 14.6 Å². The number of ether oxygens (including phenoxy) is 1. The van der Waals surface area contributed by atoms with E-state index in [2.05, 4.69) is 32.1 Å². The van der Waals surface area contributed by atoms with Gasteiger partial charge in [0.2, 0.25) is 0 Å². The number of nitriles is 1. The zero-order chi connectivity index (χ0) is 25.0. The van der Waals surface area contributed by atoms with Crippen molar-refractivity contribution in [3.8, 4) is 11.8 Å². The Morgan fingerprint density at radius 3 is 2.69 bits per heavy atom. The largest absolute Gasteiger partial charge is 0.497 e. The lowest BCUT2D eigenvalue weighted by Crippen LogP contribution is -2.49. The van der Waals surface area contributed by atoms with Gasteiger partial charge in [-0.15, -0.1) is 0 Å². The molecule has 35 heavy (non-hydrogen) atoms. The zero-order valence-corrected chi connectivity index (χ0v) is 21.0. The third kappa shape index (κ3) is 3.74. The van der Waals surface area contributed by atoms with Crippen LogP contribution in [0.4, 0.5) is 0 Å². The van der Waals surface area contributed by atoms with Gasteiger partial charge in [-0.2, -0.15) is 5.26 Å². The molecule has 0 bridgehead atoms. The highest BCUT2D eigenvalue weighted by Gasteiger charge is 2.59. The van der Waals surface area contributed by atoms with E-state index in [-0.39, 0.29) is 22.5 Å². The van der Waals surface area contributed by atoms with Crippen LogP contribution in [0.1, 0.15) is 64.4 Å². The lowest BCUT2D eigenvalue weighted by atomic mass is 9.47. The van der Waals surface area contributed by atoms with Crippen LogP contribution in [0.5, 0.6) is 5.75 Å². The van der Waals surface area contributed by atoms with Crippen molar-refractivity contribution in [2.24, 2.45) is 34.3 Å². The van der Waals surface area contributed by atoms with E-state index in [1.165, 1.54) is 5.57 Å². The van der Waals surface area contributed by atoms with Crippen LogP contribution in [0, 0.1) is 39.9 Å². The number of rotatable bonds is 3.